The monoisotopic (exact) mass is 213 g/mol. The van der Waals surface area contributed by atoms with Gasteiger partial charge in [-0.05, 0) is 6.92 Å². The molecule has 0 bridgehead atoms. The summed E-state index contributed by atoms with van der Waals surface area (Å²) in [5.41, 5.74) is 1.40. The van der Waals surface area contributed by atoms with Crippen molar-refractivity contribution in [3.63, 3.8) is 0 Å². The third-order valence-electron chi connectivity index (χ3n) is 1.50. The fourth-order valence-corrected chi connectivity index (χ4v) is 1.13. The lowest BCUT2D eigenvalue weighted by Gasteiger charge is -2.23. The molecule has 0 aliphatic heterocycles. The van der Waals surface area contributed by atoms with Crippen LogP contribution in [0.4, 0.5) is 0 Å². The normalized spacial score (nSPS) is 9.67. The van der Waals surface area contributed by atoms with Crippen molar-refractivity contribution in [3.05, 3.63) is 35.9 Å². The summed E-state index contributed by atoms with van der Waals surface area (Å²) in [5.74, 6) is 0. The Hall–Kier alpha value is -0.900. The Labute approximate surface area is 92.9 Å². The smallest absolute Gasteiger partial charge is 0.104 e. The van der Waals surface area contributed by atoms with Crippen LogP contribution in [0.5, 0.6) is 0 Å². The summed E-state index contributed by atoms with van der Waals surface area (Å²) in [4.78, 5) is 0. The standard InChI is InChI=1S/C10H16N.C2H6O.H2O/c1-11(2,3)9-10-7-5-4-6-8-10;1-2-3;/h4-8H,9H2,1-3H3;3H,2H2,1H3;1H2/q+1;;/p-1. The molecule has 1 aromatic carbocycles. The maximum absolute atomic E-state index is 7.57. The van der Waals surface area contributed by atoms with Gasteiger partial charge in [0.15, 0.2) is 0 Å². The van der Waals surface area contributed by atoms with Crippen LogP contribution in [0.15, 0.2) is 30.3 Å². The van der Waals surface area contributed by atoms with Crippen molar-refractivity contribution in [1.82, 2.24) is 0 Å². The van der Waals surface area contributed by atoms with E-state index >= 15 is 0 Å². The van der Waals surface area contributed by atoms with Gasteiger partial charge in [0.2, 0.25) is 0 Å². The Kier molecular flexibility index (Phi) is 9.27. The summed E-state index contributed by atoms with van der Waals surface area (Å²) in [7, 11) is 6.60. The Bertz CT molecular complexity index is 229. The van der Waals surface area contributed by atoms with Gasteiger partial charge in [-0.25, -0.2) is 0 Å². The van der Waals surface area contributed by atoms with Gasteiger partial charge < -0.3 is 15.1 Å². The lowest BCUT2D eigenvalue weighted by molar-refractivity contribution is -0.884. The Morgan fingerprint density at radius 2 is 1.47 bits per heavy atom. The van der Waals surface area contributed by atoms with Crippen LogP contribution in [0.25, 0.3) is 0 Å². The zero-order valence-electron chi connectivity index (χ0n) is 10.1. The summed E-state index contributed by atoms with van der Waals surface area (Å²) in [5, 5.41) is 7.57. The molecule has 0 unspecified atom stereocenters. The second-order valence-electron chi connectivity index (χ2n) is 4.25. The van der Waals surface area contributed by atoms with Crippen molar-refractivity contribution in [2.75, 3.05) is 27.7 Å². The summed E-state index contributed by atoms with van der Waals surface area (Å²) in [6.45, 7) is 3.03. The Morgan fingerprint density at radius 1 is 1.07 bits per heavy atom. The van der Waals surface area contributed by atoms with E-state index in [-0.39, 0.29) is 12.1 Å². The third kappa shape index (κ3) is 11.0. The van der Waals surface area contributed by atoms with Crippen LogP contribution in [-0.4, -0.2) is 42.8 Å². The molecular weight excluding hydrogens is 190 g/mol. The zero-order valence-corrected chi connectivity index (χ0v) is 10.1. The van der Waals surface area contributed by atoms with Crippen LogP contribution < -0.4 is 0 Å². The second-order valence-corrected chi connectivity index (χ2v) is 4.25. The molecule has 88 valence electrons. The lowest BCUT2D eigenvalue weighted by atomic mass is 10.2. The minimum atomic E-state index is 0. The molecule has 0 radical (unpaired) electrons. The minimum absolute atomic E-state index is 0. The van der Waals surface area contributed by atoms with E-state index in [9.17, 15) is 0 Å². The topological polar surface area (TPSA) is 50.2 Å². The van der Waals surface area contributed by atoms with E-state index in [4.69, 9.17) is 5.11 Å². The lowest BCUT2D eigenvalue weighted by Crippen LogP contribution is -2.33. The van der Waals surface area contributed by atoms with E-state index in [2.05, 4.69) is 51.5 Å². The first-order valence-corrected chi connectivity index (χ1v) is 4.95. The van der Waals surface area contributed by atoms with Gasteiger partial charge in [0.05, 0.1) is 21.1 Å². The van der Waals surface area contributed by atoms with Gasteiger partial charge in [-0.3, -0.25) is 0 Å². The van der Waals surface area contributed by atoms with Crippen molar-refractivity contribution in [3.8, 4) is 0 Å². The summed E-state index contributed by atoms with van der Waals surface area (Å²) in [6.07, 6.45) is 0. The average Bonchev–Trinajstić information content (AvgIpc) is 2.04. The molecule has 0 saturated heterocycles. The van der Waals surface area contributed by atoms with E-state index in [1.807, 2.05) is 0 Å². The van der Waals surface area contributed by atoms with Crippen molar-refractivity contribution in [2.45, 2.75) is 13.5 Å². The van der Waals surface area contributed by atoms with E-state index in [0.717, 1.165) is 11.0 Å². The van der Waals surface area contributed by atoms with E-state index in [1.165, 1.54) is 5.56 Å². The maximum atomic E-state index is 7.57. The molecular formula is C12H23NO2. The third-order valence-corrected chi connectivity index (χ3v) is 1.50. The van der Waals surface area contributed by atoms with E-state index < -0.39 is 0 Å². The molecule has 0 amide bonds. The van der Waals surface area contributed by atoms with Crippen molar-refractivity contribution in [2.24, 2.45) is 0 Å². The fourth-order valence-electron chi connectivity index (χ4n) is 1.13. The van der Waals surface area contributed by atoms with Crippen molar-refractivity contribution >= 4 is 0 Å². The van der Waals surface area contributed by atoms with Crippen molar-refractivity contribution in [1.29, 1.82) is 0 Å². The number of aliphatic hydroxyl groups is 1. The fraction of sp³-hybridized carbons (Fsp3) is 0.500. The number of hydrogen-bond donors (Lipinski definition) is 1. The number of hydrogen-bond acceptors (Lipinski definition) is 2. The molecule has 1 aromatic rings. The highest BCUT2D eigenvalue weighted by molar-refractivity contribution is 5.13. The first-order valence-electron chi connectivity index (χ1n) is 4.95. The first kappa shape index (κ1) is 16.5. The highest BCUT2D eigenvalue weighted by Gasteiger charge is 2.06. The van der Waals surface area contributed by atoms with Crippen LogP contribution in [0.3, 0.4) is 0 Å². The van der Waals surface area contributed by atoms with Gasteiger partial charge >= 0.3 is 0 Å². The Morgan fingerprint density at radius 3 is 1.80 bits per heavy atom. The number of quaternary nitrogens is 1. The number of benzene rings is 1. The molecule has 0 spiro atoms. The van der Waals surface area contributed by atoms with Gasteiger partial charge in [-0.15, -0.1) is 0 Å². The number of aliphatic hydroxyl groups excluding tert-OH is 1. The number of rotatable bonds is 2. The molecule has 2 N–H and O–H groups in total. The van der Waals surface area contributed by atoms with Crippen LogP contribution in [0, 0.1) is 0 Å². The number of nitrogens with zero attached hydrogens (tertiary/aromatic N) is 1. The molecule has 15 heavy (non-hydrogen) atoms. The van der Waals surface area contributed by atoms with Gasteiger partial charge in [0.1, 0.15) is 6.54 Å². The van der Waals surface area contributed by atoms with Crippen LogP contribution in [0.2, 0.25) is 0 Å². The van der Waals surface area contributed by atoms with E-state index in [0.29, 0.717) is 0 Å². The Balaban J connectivity index is 0. The summed E-state index contributed by atoms with van der Waals surface area (Å²) in [6, 6.07) is 10.6. The summed E-state index contributed by atoms with van der Waals surface area (Å²) < 4.78 is 0.990. The van der Waals surface area contributed by atoms with Crippen LogP contribution in [-0.2, 0) is 6.54 Å². The molecule has 0 aromatic heterocycles. The molecule has 0 aliphatic carbocycles. The molecule has 3 heteroatoms. The summed E-state index contributed by atoms with van der Waals surface area (Å²) >= 11 is 0. The quantitative estimate of drug-likeness (QED) is 0.760. The van der Waals surface area contributed by atoms with E-state index in [1.54, 1.807) is 6.92 Å². The van der Waals surface area contributed by atoms with Crippen LogP contribution in [0.1, 0.15) is 12.5 Å². The largest absolute Gasteiger partial charge is 0.870 e. The minimum Gasteiger partial charge on any atom is -0.870 e. The van der Waals surface area contributed by atoms with Gasteiger partial charge in [0.25, 0.3) is 0 Å². The van der Waals surface area contributed by atoms with Gasteiger partial charge in [-0.2, -0.15) is 0 Å². The predicted molar refractivity (Wildman–Crippen MR) is 62.9 cm³/mol. The SMILES string of the molecule is CCO.C[N+](C)(C)Cc1ccccc1.[OH-]. The first-order chi connectivity index (χ1) is 6.49. The molecule has 0 saturated carbocycles. The molecule has 0 aliphatic rings. The molecule has 0 fully saturated rings. The van der Waals surface area contributed by atoms with Crippen molar-refractivity contribution < 1.29 is 15.1 Å². The highest BCUT2D eigenvalue weighted by Crippen LogP contribution is 2.04. The molecule has 0 atom stereocenters. The predicted octanol–water partition coefficient (Wildman–Crippen LogP) is 1.71. The average molecular weight is 213 g/mol. The highest BCUT2D eigenvalue weighted by atomic mass is 16.2. The van der Waals surface area contributed by atoms with Crippen LogP contribution >= 0.6 is 0 Å². The maximum Gasteiger partial charge on any atom is 0.104 e. The molecule has 0 heterocycles. The molecule has 1 rings (SSSR count). The molecule has 3 nitrogen and oxygen atoms in total. The van der Waals surface area contributed by atoms with Gasteiger partial charge in [0, 0.05) is 12.2 Å². The second kappa shape index (κ2) is 8.41. The zero-order chi connectivity index (χ0) is 11.0. The van der Waals surface area contributed by atoms with Gasteiger partial charge in [-0.1, -0.05) is 30.3 Å².